The molecule has 0 saturated carbocycles. The lowest BCUT2D eigenvalue weighted by atomic mass is 10.00. The number of aromatic nitrogens is 1. The third kappa shape index (κ3) is 1.69. The van der Waals surface area contributed by atoms with Crippen LogP contribution < -0.4 is 5.73 Å². The lowest BCUT2D eigenvalue weighted by molar-refractivity contribution is 0.0968. The van der Waals surface area contributed by atoms with E-state index in [0.717, 1.165) is 36.4 Å². The molecule has 1 saturated heterocycles. The maximum Gasteiger partial charge on any atom is 0.201 e. The third-order valence-electron chi connectivity index (χ3n) is 3.40. The predicted octanol–water partition coefficient (Wildman–Crippen LogP) is 2.69. The molecule has 2 atom stereocenters. The molecule has 1 aromatic carbocycles. The highest BCUT2D eigenvalue weighted by Gasteiger charge is 2.32. The van der Waals surface area contributed by atoms with E-state index in [9.17, 15) is 0 Å². The first kappa shape index (κ1) is 10.6. The molecule has 2 heterocycles. The Bertz CT molecular complexity index is 535. The van der Waals surface area contributed by atoms with E-state index < -0.39 is 0 Å². The Hall–Kier alpha value is -1.55. The van der Waals surface area contributed by atoms with Gasteiger partial charge in [0.1, 0.15) is 5.52 Å². The average Bonchev–Trinajstić information content (AvgIpc) is 2.94. The van der Waals surface area contributed by atoms with Crippen LogP contribution in [0.2, 0.25) is 0 Å². The number of nitrogen functional groups attached to an aromatic ring is 1. The number of nitrogens with two attached hydrogens (primary N) is 1. The number of benzene rings is 1. The van der Waals surface area contributed by atoms with Crippen LogP contribution in [0.1, 0.15) is 31.6 Å². The number of oxazole rings is 1. The number of hydrogen-bond acceptors (Lipinski definition) is 4. The zero-order chi connectivity index (χ0) is 11.8. The molecule has 2 unspecified atom stereocenters. The molecule has 0 bridgehead atoms. The van der Waals surface area contributed by atoms with E-state index in [1.54, 1.807) is 0 Å². The average molecular weight is 232 g/mol. The Kier molecular flexibility index (Phi) is 2.52. The van der Waals surface area contributed by atoms with Crippen LogP contribution in [0, 0.1) is 0 Å². The first-order chi connectivity index (χ1) is 8.29. The molecule has 1 aliphatic heterocycles. The second kappa shape index (κ2) is 4.04. The van der Waals surface area contributed by atoms with Crippen LogP contribution in [-0.4, -0.2) is 17.7 Å². The van der Waals surface area contributed by atoms with Crippen molar-refractivity contribution in [1.82, 2.24) is 4.98 Å². The molecule has 2 aromatic rings. The lowest BCUT2D eigenvalue weighted by Crippen LogP contribution is -2.13. The number of anilines is 1. The maximum absolute atomic E-state index is 5.88. The minimum Gasteiger partial charge on any atom is -0.440 e. The first-order valence-electron chi connectivity index (χ1n) is 6.06. The van der Waals surface area contributed by atoms with Crippen molar-refractivity contribution in [2.45, 2.75) is 31.8 Å². The van der Waals surface area contributed by atoms with Gasteiger partial charge in [-0.1, -0.05) is 13.0 Å². The van der Waals surface area contributed by atoms with E-state index in [1.165, 1.54) is 0 Å². The van der Waals surface area contributed by atoms with Gasteiger partial charge in [-0.15, -0.1) is 0 Å². The van der Waals surface area contributed by atoms with Gasteiger partial charge in [-0.2, -0.15) is 0 Å². The van der Waals surface area contributed by atoms with Crippen molar-refractivity contribution in [3.8, 4) is 0 Å². The van der Waals surface area contributed by atoms with Crippen molar-refractivity contribution in [2.75, 3.05) is 12.3 Å². The molecule has 90 valence electrons. The smallest absolute Gasteiger partial charge is 0.201 e. The normalized spacial score (nSPS) is 24.5. The fourth-order valence-corrected chi connectivity index (χ4v) is 2.48. The van der Waals surface area contributed by atoms with Gasteiger partial charge >= 0.3 is 0 Å². The SMILES string of the molecule is CCC1OCCC1c1nc2c(N)cccc2o1. The Morgan fingerprint density at radius 2 is 2.35 bits per heavy atom. The van der Waals surface area contributed by atoms with Crippen LogP contribution in [0.25, 0.3) is 11.1 Å². The Morgan fingerprint density at radius 3 is 3.12 bits per heavy atom. The second-order valence-electron chi connectivity index (χ2n) is 4.46. The first-order valence-corrected chi connectivity index (χ1v) is 6.06. The van der Waals surface area contributed by atoms with Crippen molar-refractivity contribution < 1.29 is 9.15 Å². The molecular formula is C13H16N2O2. The van der Waals surface area contributed by atoms with Crippen LogP contribution in [0.5, 0.6) is 0 Å². The highest BCUT2D eigenvalue weighted by Crippen LogP contribution is 2.34. The molecule has 0 radical (unpaired) electrons. The number of rotatable bonds is 2. The van der Waals surface area contributed by atoms with Crippen LogP contribution >= 0.6 is 0 Å². The summed E-state index contributed by atoms with van der Waals surface area (Å²) in [5.74, 6) is 1.04. The highest BCUT2D eigenvalue weighted by molar-refractivity contribution is 5.85. The summed E-state index contributed by atoms with van der Waals surface area (Å²) >= 11 is 0. The molecule has 0 spiro atoms. The summed E-state index contributed by atoms with van der Waals surface area (Å²) in [6, 6.07) is 5.63. The number of para-hydroxylation sites is 1. The van der Waals surface area contributed by atoms with Crippen molar-refractivity contribution in [3.63, 3.8) is 0 Å². The molecule has 4 nitrogen and oxygen atoms in total. The Balaban J connectivity index is 2.03. The van der Waals surface area contributed by atoms with Crippen molar-refractivity contribution >= 4 is 16.8 Å². The van der Waals surface area contributed by atoms with Crippen LogP contribution in [0.3, 0.4) is 0 Å². The van der Waals surface area contributed by atoms with Gasteiger partial charge in [-0.25, -0.2) is 4.98 Å². The molecule has 3 rings (SSSR count). The summed E-state index contributed by atoms with van der Waals surface area (Å²) in [6.07, 6.45) is 2.19. The number of nitrogens with zero attached hydrogens (tertiary/aromatic N) is 1. The van der Waals surface area contributed by atoms with Crippen LogP contribution in [0.15, 0.2) is 22.6 Å². The van der Waals surface area contributed by atoms with Gasteiger partial charge in [0, 0.05) is 6.61 Å². The molecule has 1 aliphatic rings. The minimum absolute atomic E-state index is 0.226. The molecule has 17 heavy (non-hydrogen) atoms. The molecular weight excluding hydrogens is 216 g/mol. The van der Waals surface area contributed by atoms with E-state index in [1.807, 2.05) is 18.2 Å². The van der Waals surface area contributed by atoms with E-state index in [0.29, 0.717) is 5.69 Å². The van der Waals surface area contributed by atoms with Gasteiger partial charge in [0.25, 0.3) is 0 Å². The van der Waals surface area contributed by atoms with E-state index in [4.69, 9.17) is 14.9 Å². The molecule has 0 aliphatic carbocycles. The largest absolute Gasteiger partial charge is 0.440 e. The predicted molar refractivity (Wildman–Crippen MR) is 65.8 cm³/mol. The zero-order valence-corrected chi connectivity index (χ0v) is 9.85. The Labute approximate surface area is 99.8 Å². The molecule has 1 fully saturated rings. The van der Waals surface area contributed by atoms with Gasteiger partial charge in [0.05, 0.1) is 17.7 Å². The van der Waals surface area contributed by atoms with E-state index in [-0.39, 0.29) is 12.0 Å². The van der Waals surface area contributed by atoms with Crippen molar-refractivity contribution in [2.24, 2.45) is 0 Å². The zero-order valence-electron chi connectivity index (χ0n) is 9.85. The van der Waals surface area contributed by atoms with Crippen LogP contribution in [0.4, 0.5) is 5.69 Å². The molecule has 0 amide bonds. The summed E-state index contributed by atoms with van der Waals surface area (Å²) in [7, 11) is 0. The summed E-state index contributed by atoms with van der Waals surface area (Å²) < 4.78 is 11.5. The summed E-state index contributed by atoms with van der Waals surface area (Å²) in [4.78, 5) is 4.52. The van der Waals surface area contributed by atoms with Gasteiger partial charge in [0.2, 0.25) is 5.89 Å². The fraction of sp³-hybridized carbons (Fsp3) is 0.462. The second-order valence-corrected chi connectivity index (χ2v) is 4.46. The van der Waals surface area contributed by atoms with E-state index in [2.05, 4.69) is 11.9 Å². The van der Waals surface area contributed by atoms with Crippen molar-refractivity contribution in [1.29, 1.82) is 0 Å². The van der Waals surface area contributed by atoms with Crippen molar-refractivity contribution in [3.05, 3.63) is 24.1 Å². The maximum atomic E-state index is 5.88. The van der Waals surface area contributed by atoms with Gasteiger partial charge in [-0.3, -0.25) is 0 Å². The number of fused-ring (bicyclic) bond motifs is 1. The molecule has 4 heteroatoms. The monoisotopic (exact) mass is 232 g/mol. The summed E-state index contributed by atoms with van der Waals surface area (Å²) in [5.41, 5.74) is 8.09. The third-order valence-corrected chi connectivity index (χ3v) is 3.40. The standard InChI is InChI=1S/C13H16N2O2/c1-2-10-8(6-7-16-10)13-15-12-9(14)4-3-5-11(12)17-13/h3-5,8,10H,2,6-7,14H2,1H3. The number of hydrogen-bond donors (Lipinski definition) is 1. The Morgan fingerprint density at radius 1 is 1.47 bits per heavy atom. The fourth-order valence-electron chi connectivity index (χ4n) is 2.48. The molecule has 2 N–H and O–H groups in total. The molecule has 1 aromatic heterocycles. The van der Waals surface area contributed by atoms with E-state index >= 15 is 0 Å². The lowest BCUT2D eigenvalue weighted by Gasteiger charge is -2.12. The minimum atomic E-state index is 0.226. The highest BCUT2D eigenvalue weighted by atomic mass is 16.5. The van der Waals surface area contributed by atoms with Crippen LogP contribution in [-0.2, 0) is 4.74 Å². The number of ether oxygens (including phenoxy) is 1. The topological polar surface area (TPSA) is 61.3 Å². The van der Waals surface area contributed by atoms with Gasteiger partial charge in [0.15, 0.2) is 5.58 Å². The summed E-state index contributed by atoms with van der Waals surface area (Å²) in [6.45, 7) is 2.91. The quantitative estimate of drug-likeness (QED) is 0.809. The summed E-state index contributed by atoms with van der Waals surface area (Å²) in [5, 5.41) is 0. The van der Waals surface area contributed by atoms with Gasteiger partial charge in [-0.05, 0) is 25.0 Å². The van der Waals surface area contributed by atoms with Gasteiger partial charge < -0.3 is 14.9 Å².